The molecule has 0 spiro atoms. The number of nitriles is 1. The van der Waals surface area contributed by atoms with Gasteiger partial charge in [-0.2, -0.15) is 5.26 Å². The van der Waals surface area contributed by atoms with E-state index in [0.29, 0.717) is 39.3 Å². The van der Waals surface area contributed by atoms with Crippen molar-refractivity contribution in [2.75, 3.05) is 34.0 Å². The van der Waals surface area contributed by atoms with Gasteiger partial charge in [0.15, 0.2) is 0 Å². The van der Waals surface area contributed by atoms with Crippen molar-refractivity contribution in [3.63, 3.8) is 0 Å². The van der Waals surface area contributed by atoms with Crippen LogP contribution in [0.15, 0.2) is 157 Å². The molecule has 0 amide bonds. The number of nitrogens with zero attached hydrogens (tertiary/aromatic N) is 5. The van der Waals surface area contributed by atoms with E-state index in [-0.39, 0.29) is 83.5 Å². The topological polar surface area (TPSA) is 310 Å². The average molecular weight is 1480 g/mol. The molecular formula is C72H79Cl2N8O18P2. The molecule has 3 aliphatic heterocycles. The van der Waals surface area contributed by atoms with Crippen molar-refractivity contribution in [1.82, 2.24) is 33.3 Å². The van der Waals surface area contributed by atoms with Gasteiger partial charge in [0.05, 0.1) is 68.8 Å². The summed E-state index contributed by atoms with van der Waals surface area (Å²) < 4.78 is 94.8. The molecule has 0 saturated carbocycles. The van der Waals surface area contributed by atoms with E-state index in [9.17, 15) is 34.0 Å². The average Bonchev–Trinajstić information content (AvgIpc) is 1.26. The van der Waals surface area contributed by atoms with Crippen molar-refractivity contribution < 1.29 is 55.6 Å². The number of H-pyrrole nitrogens is 3. The van der Waals surface area contributed by atoms with E-state index in [1.165, 1.54) is 58.3 Å². The molecule has 3 fully saturated rings. The van der Waals surface area contributed by atoms with Gasteiger partial charge in [0.1, 0.15) is 59.8 Å². The van der Waals surface area contributed by atoms with Crippen LogP contribution in [-0.4, -0.2) is 104 Å². The van der Waals surface area contributed by atoms with E-state index in [1.807, 2.05) is 111 Å². The highest BCUT2D eigenvalue weighted by molar-refractivity contribution is 7.49. The Bertz CT molecular complexity index is 4720. The molecule has 26 nitrogen and oxygen atoms in total. The molecule has 0 bridgehead atoms. The number of hydrogen-bond acceptors (Lipinski definition) is 20. The molecule has 102 heavy (non-hydrogen) atoms. The van der Waals surface area contributed by atoms with Crippen molar-refractivity contribution in [1.29, 1.82) is 5.26 Å². The number of methoxy groups -OCH3 is 2. The first-order chi connectivity index (χ1) is 48.8. The molecule has 2 unspecified atom stereocenters. The van der Waals surface area contributed by atoms with Crippen LogP contribution >= 0.6 is 39.6 Å². The van der Waals surface area contributed by atoms with Gasteiger partial charge in [-0.15, -0.1) is 0 Å². The number of halogens is 2. The first-order valence-electron chi connectivity index (χ1n) is 33.1. The molecule has 3 aromatic heterocycles. The van der Waals surface area contributed by atoms with Crippen LogP contribution in [-0.2, 0) is 47.2 Å². The summed E-state index contributed by atoms with van der Waals surface area (Å²) >= 11 is 14.0. The maximum Gasteiger partial charge on any atom is 0.530 e. The first kappa shape index (κ1) is 75.1. The van der Waals surface area contributed by atoms with Crippen molar-refractivity contribution >= 4 is 39.6 Å². The number of aromatic amines is 3. The Labute approximate surface area is 598 Å². The normalized spacial score (nSPS) is 21.5. The van der Waals surface area contributed by atoms with Gasteiger partial charge in [-0.1, -0.05) is 89.9 Å². The lowest BCUT2D eigenvalue weighted by molar-refractivity contribution is -0.0804. The number of aromatic nitrogens is 6. The summed E-state index contributed by atoms with van der Waals surface area (Å²) in [5, 5.41) is 9.71. The van der Waals surface area contributed by atoms with Gasteiger partial charge < -0.3 is 42.0 Å². The maximum absolute atomic E-state index is 16.5. The fourth-order valence-electron chi connectivity index (χ4n) is 13.2. The van der Waals surface area contributed by atoms with Crippen molar-refractivity contribution in [3.05, 3.63) is 256 Å². The summed E-state index contributed by atoms with van der Waals surface area (Å²) in [6.45, 7) is 13.4. The van der Waals surface area contributed by atoms with Gasteiger partial charge in [-0.05, 0) is 131 Å². The zero-order chi connectivity index (χ0) is 72.9. The number of ether oxygens (including phenoxy) is 6. The molecule has 30 heteroatoms. The quantitative estimate of drug-likeness (QED) is 0.0233. The second-order valence-corrected chi connectivity index (χ2v) is 29.3. The van der Waals surface area contributed by atoms with Crippen LogP contribution in [0.3, 0.4) is 0 Å². The van der Waals surface area contributed by atoms with Crippen molar-refractivity contribution in [2.24, 2.45) is 0 Å². The van der Waals surface area contributed by atoms with Gasteiger partial charge in [-0.3, -0.25) is 52.1 Å². The number of para-hydroxylation sites is 1. The summed E-state index contributed by atoms with van der Waals surface area (Å²) in [6.07, 6.45) is -5.65. The molecule has 1 radical (unpaired) electrons. The fourth-order valence-corrected chi connectivity index (χ4v) is 16.7. The Balaban J connectivity index is 1.04. The van der Waals surface area contributed by atoms with E-state index >= 15 is 4.57 Å². The second-order valence-electron chi connectivity index (χ2n) is 25.5. The molecular weight excluding hydrogens is 1400 g/mol. The highest BCUT2D eigenvalue weighted by atomic mass is 35.5. The SMILES string of the molecule is COc1ccc(C(OC[C@@H]2O[C@@H](n3cc(C)c(=O)[nH]c3=O)C[C@H]2c2c[c]c(Cl)c(C)c2[C@H]2O[C@@H](n3cc(C)c(=O)[nH]c3=O)C[C@@H]2OP(=O)(OC[C@H]2O[C@@H](n3cc(C)c(=O)[nH]c3=O)C[C@@H]2OP(OCCC#N)N(C(C)C)C(C)C)Oc2ccccc2Cl)(c2ccccc2)c2ccc(OC)cc2)cc1. The number of hydrogen-bond donors (Lipinski definition) is 3. The predicted molar refractivity (Wildman–Crippen MR) is 379 cm³/mol. The molecule has 6 heterocycles. The van der Waals surface area contributed by atoms with Crippen LogP contribution in [0, 0.1) is 45.1 Å². The highest BCUT2D eigenvalue weighted by Gasteiger charge is 2.51. The van der Waals surface area contributed by atoms with Crippen LogP contribution in [0.1, 0.15) is 134 Å². The zero-order valence-electron chi connectivity index (χ0n) is 57.7. The largest absolute Gasteiger partial charge is 0.530 e. The number of nitrogens with one attached hydrogen (secondary N) is 3. The third kappa shape index (κ3) is 16.1. The summed E-state index contributed by atoms with van der Waals surface area (Å²) in [5.74, 6) is 0.247. The predicted octanol–water partition coefficient (Wildman–Crippen LogP) is 11.6. The van der Waals surface area contributed by atoms with Crippen LogP contribution in [0.4, 0.5) is 0 Å². The Hall–Kier alpha value is -8.09. The summed E-state index contributed by atoms with van der Waals surface area (Å²) in [5.41, 5.74) is -1.66. The van der Waals surface area contributed by atoms with E-state index < -0.39 is 117 Å². The van der Waals surface area contributed by atoms with Gasteiger partial charge in [0.25, 0.3) is 25.2 Å². The zero-order valence-corrected chi connectivity index (χ0v) is 61.0. The molecule has 539 valence electrons. The van der Waals surface area contributed by atoms with Gasteiger partial charge >= 0.3 is 24.9 Å². The third-order valence-electron chi connectivity index (χ3n) is 18.2. The van der Waals surface area contributed by atoms with Crippen LogP contribution < -0.4 is 47.7 Å². The Kier molecular flexibility index (Phi) is 23.8. The standard InChI is InChI=1S/C72H79Cl2N8O18P2/c1-41(2)82(42(3)4)101(93-32-16-31-75)98-57-34-62(80-37-44(6)67(84)77-70(80)87)96-60(57)40-94-102(89,99-56-20-15-14-19-55(56)74)100-58-35-63(81-38-45(7)68(85)78-71(81)88)97-65(58)64-46(8)54(73)30-29-52(64)53-33-61(79-36-43(5)66(83)76-69(79)86)95-59(53)39-92-72(47-17-12-11-13-18-47,48-21-25-50(90-9)26-22-48)49-23-27-51(91-10)28-24-49/h11-15,17-29,36-38,41-42,53,57-63,65H,16,32-35,39-40H2,1-10H3,(H,76,83,86)(H,77,84,87)(H,78,85,88)/t53-,57-,58-,59-,60+,61+,62+,63+,65-,101?,102?/m0/s1. The number of rotatable bonds is 28. The van der Waals surface area contributed by atoms with E-state index in [2.05, 4.69) is 27.1 Å². The van der Waals surface area contributed by atoms with Gasteiger partial charge in [0, 0.05) is 78.6 Å². The molecule has 8 aromatic rings. The minimum absolute atomic E-state index is 0.00531. The number of benzene rings is 5. The molecule has 3 saturated heterocycles. The maximum atomic E-state index is 16.5. The Morgan fingerprint density at radius 1 is 0.667 bits per heavy atom. The number of phosphoric acid groups is 1. The highest BCUT2D eigenvalue weighted by Crippen LogP contribution is 2.59. The third-order valence-corrected chi connectivity index (χ3v) is 22.5. The van der Waals surface area contributed by atoms with Crippen LogP contribution in [0.5, 0.6) is 17.2 Å². The van der Waals surface area contributed by atoms with Gasteiger partial charge in [0.2, 0.25) is 0 Å². The molecule has 11 rings (SSSR count). The smallest absolute Gasteiger partial charge is 0.497 e. The molecule has 0 aliphatic carbocycles. The van der Waals surface area contributed by atoms with Gasteiger partial charge in [-0.25, -0.2) is 23.6 Å². The fraction of sp³-hybridized carbons (Fsp3) is 0.403. The Morgan fingerprint density at radius 3 is 1.70 bits per heavy atom. The lowest BCUT2D eigenvalue weighted by Gasteiger charge is -2.37. The van der Waals surface area contributed by atoms with Crippen LogP contribution in [0.25, 0.3) is 0 Å². The second kappa shape index (κ2) is 32.3. The lowest BCUT2D eigenvalue weighted by atomic mass is 9.79. The summed E-state index contributed by atoms with van der Waals surface area (Å²) in [7, 11) is -4.03. The first-order valence-corrected chi connectivity index (χ1v) is 36.4. The molecule has 5 aromatic carbocycles. The van der Waals surface area contributed by atoms with Crippen molar-refractivity contribution in [3.8, 4) is 23.3 Å². The number of aryl methyl sites for hydroxylation is 3. The van der Waals surface area contributed by atoms with E-state index in [4.69, 9.17) is 74.2 Å². The minimum atomic E-state index is -5.20. The molecule has 11 atom stereocenters. The van der Waals surface area contributed by atoms with Crippen molar-refractivity contribution in [2.45, 2.75) is 154 Å². The Morgan fingerprint density at radius 2 is 1.17 bits per heavy atom. The lowest BCUT2D eigenvalue weighted by Crippen LogP contribution is -2.37. The summed E-state index contributed by atoms with van der Waals surface area (Å²) in [4.78, 5) is 87.6. The van der Waals surface area contributed by atoms with E-state index in [0.717, 1.165) is 5.56 Å². The van der Waals surface area contributed by atoms with E-state index in [1.54, 1.807) is 46.3 Å². The number of phosphoric ester groups is 1. The molecule has 3 N–H and O–H groups in total. The monoisotopic (exact) mass is 1480 g/mol. The van der Waals surface area contributed by atoms with Crippen LogP contribution in [0.2, 0.25) is 10.0 Å². The summed E-state index contributed by atoms with van der Waals surface area (Å²) in [6, 6.07) is 37.4. The minimum Gasteiger partial charge on any atom is -0.497 e. The molecule has 3 aliphatic rings.